The molecule has 0 spiro atoms. The van der Waals surface area contributed by atoms with E-state index in [4.69, 9.17) is 11.6 Å². The van der Waals surface area contributed by atoms with E-state index >= 15 is 0 Å². The van der Waals surface area contributed by atoms with E-state index in [-0.39, 0.29) is 16.7 Å². The minimum atomic E-state index is -0.337. The molecule has 0 saturated carbocycles. The second-order valence-electron chi connectivity index (χ2n) is 6.30. The topological polar surface area (TPSA) is 58.7 Å². The van der Waals surface area contributed by atoms with Crippen LogP contribution in [-0.2, 0) is 0 Å². The molecule has 0 aliphatic carbocycles. The van der Waals surface area contributed by atoms with E-state index < -0.39 is 0 Å². The Hall–Kier alpha value is -2.29. The molecule has 0 fully saturated rings. The molecule has 2 aromatic carbocycles. The van der Waals surface area contributed by atoms with Gasteiger partial charge in [0.1, 0.15) is 0 Å². The summed E-state index contributed by atoms with van der Waals surface area (Å²) in [5, 5.41) is 10.4. The summed E-state index contributed by atoms with van der Waals surface area (Å²) in [6.07, 6.45) is 0. The van der Waals surface area contributed by atoms with Crippen LogP contribution in [0.3, 0.4) is 0 Å². The molecule has 0 aliphatic heterocycles. The number of fused-ring (bicyclic) bond motifs is 1. The SMILES string of the molecule is CC(C)c1ccccc1-n1c(S[C@@H](C)C#N)nc2cc(Cl)ccc2c1=O. The van der Waals surface area contributed by atoms with Gasteiger partial charge in [0, 0.05) is 5.02 Å². The molecule has 132 valence electrons. The Balaban J connectivity index is 2.38. The number of thioether (sulfide) groups is 1. The van der Waals surface area contributed by atoms with Gasteiger partial charge in [-0.1, -0.05) is 55.4 Å². The maximum atomic E-state index is 13.3. The quantitative estimate of drug-likeness (QED) is 0.460. The average molecular weight is 384 g/mol. The van der Waals surface area contributed by atoms with Crippen LogP contribution in [0.1, 0.15) is 32.3 Å². The molecule has 1 aromatic heterocycles. The van der Waals surface area contributed by atoms with Crippen LogP contribution in [0.4, 0.5) is 0 Å². The summed E-state index contributed by atoms with van der Waals surface area (Å²) < 4.78 is 1.62. The van der Waals surface area contributed by atoms with Crippen molar-refractivity contribution < 1.29 is 0 Å². The monoisotopic (exact) mass is 383 g/mol. The van der Waals surface area contributed by atoms with Crippen molar-refractivity contribution in [3.05, 3.63) is 63.4 Å². The maximum Gasteiger partial charge on any atom is 0.266 e. The lowest BCUT2D eigenvalue weighted by Gasteiger charge is -2.18. The molecule has 0 unspecified atom stereocenters. The molecular weight excluding hydrogens is 366 g/mol. The molecule has 6 heteroatoms. The van der Waals surface area contributed by atoms with Gasteiger partial charge in [-0.3, -0.25) is 9.36 Å². The van der Waals surface area contributed by atoms with Gasteiger partial charge in [0.05, 0.1) is 27.9 Å². The van der Waals surface area contributed by atoms with E-state index in [1.54, 1.807) is 29.7 Å². The molecule has 0 radical (unpaired) electrons. The maximum absolute atomic E-state index is 13.3. The highest BCUT2D eigenvalue weighted by molar-refractivity contribution is 8.00. The van der Waals surface area contributed by atoms with Gasteiger partial charge < -0.3 is 0 Å². The zero-order chi connectivity index (χ0) is 18.8. The molecule has 0 bridgehead atoms. The zero-order valence-electron chi connectivity index (χ0n) is 14.7. The van der Waals surface area contributed by atoms with Crippen LogP contribution in [-0.4, -0.2) is 14.8 Å². The molecule has 0 saturated heterocycles. The number of benzene rings is 2. The predicted molar refractivity (Wildman–Crippen MR) is 107 cm³/mol. The molecule has 1 atom stereocenters. The Kier molecular flexibility index (Phi) is 5.36. The third-order valence-electron chi connectivity index (χ3n) is 4.06. The van der Waals surface area contributed by atoms with Crippen molar-refractivity contribution in [1.29, 1.82) is 5.26 Å². The summed E-state index contributed by atoms with van der Waals surface area (Å²) in [6, 6.07) is 15.1. The van der Waals surface area contributed by atoms with Gasteiger partial charge in [-0.05, 0) is 42.7 Å². The molecule has 0 aliphatic rings. The summed E-state index contributed by atoms with van der Waals surface area (Å²) in [5.41, 5.74) is 2.22. The molecule has 1 heterocycles. The van der Waals surface area contributed by atoms with E-state index in [0.29, 0.717) is 21.1 Å². The minimum absolute atomic E-state index is 0.160. The molecular formula is C20H18ClN3OS. The number of aromatic nitrogens is 2. The van der Waals surface area contributed by atoms with Crippen molar-refractivity contribution in [3.8, 4) is 11.8 Å². The Bertz CT molecular complexity index is 1070. The van der Waals surface area contributed by atoms with Gasteiger partial charge in [-0.25, -0.2) is 4.98 Å². The molecule has 3 rings (SSSR count). The number of rotatable bonds is 4. The van der Waals surface area contributed by atoms with Crippen LogP contribution in [0, 0.1) is 11.3 Å². The second-order valence-corrected chi connectivity index (χ2v) is 8.04. The third kappa shape index (κ3) is 3.48. The first-order chi connectivity index (χ1) is 12.4. The number of para-hydroxylation sites is 1. The Morgan fingerprint density at radius 3 is 2.62 bits per heavy atom. The zero-order valence-corrected chi connectivity index (χ0v) is 16.3. The van der Waals surface area contributed by atoms with E-state index in [2.05, 4.69) is 24.9 Å². The van der Waals surface area contributed by atoms with Crippen molar-refractivity contribution in [2.24, 2.45) is 0 Å². The number of halogens is 1. The van der Waals surface area contributed by atoms with Crippen molar-refractivity contribution in [2.45, 2.75) is 37.1 Å². The normalized spacial score (nSPS) is 12.3. The average Bonchev–Trinajstić information content (AvgIpc) is 2.61. The summed E-state index contributed by atoms with van der Waals surface area (Å²) in [7, 11) is 0. The fraction of sp³-hybridized carbons (Fsp3) is 0.250. The lowest BCUT2D eigenvalue weighted by atomic mass is 10.0. The fourth-order valence-corrected chi connectivity index (χ4v) is 3.77. The van der Waals surface area contributed by atoms with Crippen molar-refractivity contribution in [3.63, 3.8) is 0 Å². The van der Waals surface area contributed by atoms with Crippen LogP contribution < -0.4 is 5.56 Å². The molecule has 4 nitrogen and oxygen atoms in total. The van der Waals surface area contributed by atoms with Gasteiger partial charge >= 0.3 is 0 Å². The molecule has 0 N–H and O–H groups in total. The van der Waals surface area contributed by atoms with Gasteiger partial charge in [0.15, 0.2) is 5.16 Å². The van der Waals surface area contributed by atoms with Crippen LogP contribution in [0.15, 0.2) is 52.4 Å². The molecule has 26 heavy (non-hydrogen) atoms. The van der Waals surface area contributed by atoms with E-state index in [9.17, 15) is 10.1 Å². The first-order valence-corrected chi connectivity index (χ1v) is 9.56. The van der Waals surface area contributed by atoms with Gasteiger partial charge in [0.25, 0.3) is 5.56 Å². The highest BCUT2D eigenvalue weighted by Gasteiger charge is 2.18. The minimum Gasteiger partial charge on any atom is -0.268 e. The highest BCUT2D eigenvalue weighted by Crippen LogP contribution is 2.29. The Morgan fingerprint density at radius 1 is 1.19 bits per heavy atom. The second kappa shape index (κ2) is 7.53. The lowest BCUT2D eigenvalue weighted by Crippen LogP contribution is -2.23. The Labute approximate surface area is 161 Å². The Morgan fingerprint density at radius 2 is 1.92 bits per heavy atom. The van der Waals surface area contributed by atoms with E-state index in [1.807, 2.05) is 24.3 Å². The highest BCUT2D eigenvalue weighted by atomic mass is 35.5. The van der Waals surface area contributed by atoms with Crippen LogP contribution in [0.25, 0.3) is 16.6 Å². The van der Waals surface area contributed by atoms with Crippen molar-refractivity contribution in [1.82, 2.24) is 9.55 Å². The van der Waals surface area contributed by atoms with Gasteiger partial charge in [-0.15, -0.1) is 0 Å². The fourth-order valence-electron chi connectivity index (χ4n) is 2.79. The van der Waals surface area contributed by atoms with Gasteiger partial charge in [0.2, 0.25) is 0 Å². The van der Waals surface area contributed by atoms with E-state index in [1.165, 1.54) is 11.8 Å². The summed E-state index contributed by atoms with van der Waals surface area (Å²) in [4.78, 5) is 17.9. The smallest absolute Gasteiger partial charge is 0.266 e. The van der Waals surface area contributed by atoms with E-state index in [0.717, 1.165) is 11.3 Å². The van der Waals surface area contributed by atoms with Gasteiger partial charge in [-0.2, -0.15) is 5.26 Å². The van der Waals surface area contributed by atoms with Crippen LogP contribution >= 0.6 is 23.4 Å². The molecule has 3 aromatic rings. The first kappa shape index (κ1) is 18.5. The number of nitrogens with zero attached hydrogens (tertiary/aromatic N) is 3. The van der Waals surface area contributed by atoms with Crippen LogP contribution in [0.5, 0.6) is 0 Å². The van der Waals surface area contributed by atoms with Crippen molar-refractivity contribution >= 4 is 34.3 Å². The summed E-state index contributed by atoms with van der Waals surface area (Å²) in [5.74, 6) is 0.241. The predicted octanol–water partition coefficient (Wildman–Crippen LogP) is 5.17. The molecule has 0 amide bonds. The third-order valence-corrected chi connectivity index (χ3v) is 5.24. The number of nitriles is 1. The lowest BCUT2D eigenvalue weighted by molar-refractivity contribution is 0.779. The van der Waals surface area contributed by atoms with Crippen LogP contribution in [0.2, 0.25) is 5.02 Å². The summed E-state index contributed by atoms with van der Waals surface area (Å²) >= 11 is 7.34. The number of hydrogen-bond donors (Lipinski definition) is 0. The first-order valence-electron chi connectivity index (χ1n) is 8.30. The van der Waals surface area contributed by atoms with Crippen molar-refractivity contribution in [2.75, 3.05) is 0 Å². The standard InChI is InChI=1S/C20H18ClN3OS/c1-12(2)15-6-4-5-7-18(15)24-19(25)16-9-8-14(21)10-17(16)23-20(24)26-13(3)11-22/h4-10,12-13H,1-3H3/t13-/m0/s1. The largest absolute Gasteiger partial charge is 0.268 e. The summed E-state index contributed by atoms with van der Waals surface area (Å²) in [6.45, 7) is 5.96. The number of hydrogen-bond acceptors (Lipinski definition) is 4.